The normalized spacial score (nSPS) is 10.3. The summed E-state index contributed by atoms with van der Waals surface area (Å²) in [5.41, 5.74) is 1.73. The number of non-ortho nitro benzene ring substituents is 1. The van der Waals surface area contributed by atoms with E-state index in [1.807, 2.05) is 13.8 Å². The van der Waals surface area contributed by atoms with Crippen molar-refractivity contribution in [2.45, 2.75) is 20.4 Å². The zero-order chi connectivity index (χ0) is 13.1. The fraction of sp³-hybridized carbons (Fsp3) is 0.250. The molecule has 6 heteroatoms. The smallest absolute Gasteiger partial charge is 0.269 e. The van der Waals surface area contributed by atoms with Gasteiger partial charge in [-0.05, 0) is 26.0 Å². The van der Waals surface area contributed by atoms with Crippen molar-refractivity contribution < 1.29 is 9.34 Å². The van der Waals surface area contributed by atoms with Gasteiger partial charge in [0.1, 0.15) is 5.76 Å². The highest BCUT2D eigenvalue weighted by atomic mass is 16.6. The Balaban J connectivity index is 2.00. The summed E-state index contributed by atoms with van der Waals surface area (Å²) in [6.07, 6.45) is 0. The van der Waals surface area contributed by atoms with Gasteiger partial charge in [0, 0.05) is 17.8 Å². The van der Waals surface area contributed by atoms with E-state index in [1.54, 1.807) is 12.1 Å². The molecule has 0 saturated heterocycles. The second kappa shape index (κ2) is 4.87. The molecule has 0 fully saturated rings. The molecule has 2 aromatic rings. The van der Waals surface area contributed by atoms with Crippen molar-refractivity contribution in [1.29, 1.82) is 0 Å². The third-order valence-electron chi connectivity index (χ3n) is 2.59. The van der Waals surface area contributed by atoms with Crippen molar-refractivity contribution in [1.82, 2.24) is 4.98 Å². The average molecular weight is 247 g/mol. The van der Waals surface area contributed by atoms with Crippen LogP contribution in [0.25, 0.3) is 0 Å². The third kappa shape index (κ3) is 2.65. The van der Waals surface area contributed by atoms with Gasteiger partial charge in [0.2, 0.25) is 5.89 Å². The van der Waals surface area contributed by atoms with Crippen LogP contribution in [0.4, 0.5) is 11.4 Å². The summed E-state index contributed by atoms with van der Waals surface area (Å²) in [4.78, 5) is 14.3. The molecule has 0 radical (unpaired) electrons. The van der Waals surface area contributed by atoms with Gasteiger partial charge in [0.25, 0.3) is 5.69 Å². The number of rotatable bonds is 4. The summed E-state index contributed by atoms with van der Waals surface area (Å²) in [5, 5.41) is 13.6. The minimum absolute atomic E-state index is 0.0726. The predicted molar refractivity (Wildman–Crippen MR) is 66.4 cm³/mol. The third-order valence-corrected chi connectivity index (χ3v) is 2.59. The van der Waals surface area contributed by atoms with E-state index < -0.39 is 4.92 Å². The number of hydrogen-bond acceptors (Lipinski definition) is 5. The van der Waals surface area contributed by atoms with Crippen LogP contribution in [0.3, 0.4) is 0 Å². The minimum atomic E-state index is -0.426. The Morgan fingerprint density at radius 1 is 1.33 bits per heavy atom. The second-order valence-corrected chi connectivity index (χ2v) is 3.91. The number of nitrogens with one attached hydrogen (secondary N) is 1. The monoisotopic (exact) mass is 247 g/mol. The molecule has 18 heavy (non-hydrogen) atoms. The number of aromatic nitrogens is 1. The van der Waals surface area contributed by atoms with Gasteiger partial charge in [-0.1, -0.05) is 0 Å². The minimum Gasteiger partial charge on any atom is -0.444 e. The van der Waals surface area contributed by atoms with E-state index in [4.69, 9.17) is 4.42 Å². The van der Waals surface area contributed by atoms with Gasteiger partial charge in [-0.25, -0.2) is 4.98 Å². The number of nitrogens with zero attached hydrogens (tertiary/aromatic N) is 2. The summed E-state index contributed by atoms with van der Waals surface area (Å²) in [5.74, 6) is 1.40. The van der Waals surface area contributed by atoms with Crippen LogP contribution >= 0.6 is 0 Å². The number of nitro benzene ring substituents is 1. The summed E-state index contributed by atoms with van der Waals surface area (Å²) in [6.45, 7) is 4.19. The number of hydrogen-bond donors (Lipinski definition) is 1. The van der Waals surface area contributed by atoms with Crippen LogP contribution < -0.4 is 5.32 Å². The molecule has 1 heterocycles. The number of oxazole rings is 1. The van der Waals surface area contributed by atoms with Crippen LogP contribution in [0.1, 0.15) is 17.3 Å². The van der Waals surface area contributed by atoms with Crippen LogP contribution in [0.15, 0.2) is 28.7 Å². The van der Waals surface area contributed by atoms with Crippen molar-refractivity contribution in [3.63, 3.8) is 0 Å². The highest BCUT2D eigenvalue weighted by Crippen LogP contribution is 2.16. The SMILES string of the molecule is Cc1nc(CNc2ccc([N+](=O)[O-])cc2)oc1C. The first-order chi connectivity index (χ1) is 8.56. The predicted octanol–water partition coefficient (Wildman–Crippen LogP) is 2.81. The summed E-state index contributed by atoms with van der Waals surface area (Å²) >= 11 is 0. The molecule has 6 nitrogen and oxygen atoms in total. The number of aryl methyl sites for hydroxylation is 2. The largest absolute Gasteiger partial charge is 0.444 e. The average Bonchev–Trinajstić information content (AvgIpc) is 2.67. The lowest BCUT2D eigenvalue weighted by Gasteiger charge is -2.02. The van der Waals surface area contributed by atoms with E-state index in [-0.39, 0.29) is 5.69 Å². The molecule has 0 amide bonds. The molecule has 0 aliphatic carbocycles. The summed E-state index contributed by atoms with van der Waals surface area (Å²) in [7, 11) is 0. The molecule has 94 valence electrons. The molecule has 1 aromatic carbocycles. The van der Waals surface area contributed by atoms with Crippen LogP contribution in [0.5, 0.6) is 0 Å². The lowest BCUT2D eigenvalue weighted by Crippen LogP contribution is -1.99. The Morgan fingerprint density at radius 2 is 2.00 bits per heavy atom. The fourth-order valence-corrected chi connectivity index (χ4v) is 1.49. The molecule has 0 spiro atoms. The Labute approximate surface area is 104 Å². The van der Waals surface area contributed by atoms with Crippen molar-refractivity contribution >= 4 is 11.4 Å². The van der Waals surface area contributed by atoms with E-state index >= 15 is 0 Å². The molecule has 0 aliphatic rings. The van der Waals surface area contributed by atoms with E-state index in [9.17, 15) is 10.1 Å². The second-order valence-electron chi connectivity index (χ2n) is 3.91. The lowest BCUT2D eigenvalue weighted by molar-refractivity contribution is -0.384. The molecular weight excluding hydrogens is 234 g/mol. The highest BCUT2D eigenvalue weighted by molar-refractivity contribution is 5.48. The number of nitro groups is 1. The molecule has 0 aliphatic heterocycles. The topological polar surface area (TPSA) is 81.2 Å². The van der Waals surface area contributed by atoms with Gasteiger partial charge < -0.3 is 9.73 Å². The van der Waals surface area contributed by atoms with Crippen molar-refractivity contribution in [2.24, 2.45) is 0 Å². The quantitative estimate of drug-likeness (QED) is 0.663. The van der Waals surface area contributed by atoms with Gasteiger partial charge in [-0.3, -0.25) is 10.1 Å². The van der Waals surface area contributed by atoms with Crippen LogP contribution in [-0.4, -0.2) is 9.91 Å². The van der Waals surface area contributed by atoms with E-state index in [1.165, 1.54) is 12.1 Å². The molecule has 1 aromatic heterocycles. The summed E-state index contributed by atoms with van der Waals surface area (Å²) in [6, 6.07) is 6.21. The highest BCUT2D eigenvalue weighted by Gasteiger charge is 2.06. The lowest BCUT2D eigenvalue weighted by atomic mass is 10.3. The van der Waals surface area contributed by atoms with Crippen molar-refractivity contribution in [3.8, 4) is 0 Å². The maximum atomic E-state index is 10.5. The first kappa shape index (κ1) is 12.1. The molecule has 0 atom stereocenters. The standard InChI is InChI=1S/C12H13N3O3/c1-8-9(2)18-12(14-8)7-13-10-3-5-11(6-4-10)15(16)17/h3-6,13H,7H2,1-2H3. The van der Waals surface area contributed by atoms with E-state index in [0.29, 0.717) is 12.4 Å². The molecule has 1 N–H and O–H groups in total. The molecular formula is C12H13N3O3. The van der Waals surface area contributed by atoms with E-state index in [0.717, 1.165) is 17.1 Å². The molecule has 2 rings (SSSR count). The zero-order valence-electron chi connectivity index (χ0n) is 10.1. The Kier molecular flexibility index (Phi) is 3.27. The Hall–Kier alpha value is -2.37. The van der Waals surface area contributed by atoms with Gasteiger partial charge in [0.15, 0.2) is 0 Å². The maximum Gasteiger partial charge on any atom is 0.269 e. The van der Waals surface area contributed by atoms with Crippen molar-refractivity contribution in [2.75, 3.05) is 5.32 Å². The maximum absolute atomic E-state index is 10.5. The van der Waals surface area contributed by atoms with Gasteiger partial charge in [0.05, 0.1) is 17.2 Å². The first-order valence-corrected chi connectivity index (χ1v) is 5.47. The fourth-order valence-electron chi connectivity index (χ4n) is 1.49. The molecule has 0 saturated carbocycles. The van der Waals surface area contributed by atoms with Crippen molar-refractivity contribution in [3.05, 3.63) is 51.7 Å². The first-order valence-electron chi connectivity index (χ1n) is 5.47. The van der Waals surface area contributed by atoms with E-state index in [2.05, 4.69) is 10.3 Å². The van der Waals surface area contributed by atoms with Crippen LogP contribution in [-0.2, 0) is 6.54 Å². The zero-order valence-corrected chi connectivity index (χ0v) is 10.1. The number of anilines is 1. The molecule has 0 bridgehead atoms. The van der Waals surface area contributed by atoms with Gasteiger partial charge >= 0.3 is 0 Å². The Bertz CT molecular complexity index is 541. The van der Waals surface area contributed by atoms with Gasteiger partial charge in [-0.2, -0.15) is 0 Å². The molecule has 0 unspecified atom stereocenters. The summed E-state index contributed by atoms with van der Waals surface area (Å²) < 4.78 is 5.42. The van der Waals surface area contributed by atoms with Gasteiger partial charge in [-0.15, -0.1) is 0 Å². The number of benzene rings is 1. The van der Waals surface area contributed by atoms with Crippen LogP contribution in [0, 0.1) is 24.0 Å². The Morgan fingerprint density at radius 3 is 2.50 bits per heavy atom. The van der Waals surface area contributed by atoms with Crippen LogP contribution in [0.2, 0.25) is 0 Å².